The van der Waals surface area contributed by atoms with Crippen molar-refractivity contribution in [1.29, 1.82) is 0 Å². The van der Waals surface area contributed by atoms with Gasteiger partial charge in [-0.05, 0) is 26.3 Å². The maximum Gasteiger partial charge on any atom is 0.361 e. The highest BCUT2D eigenvalue weighted by atomic mass is 17.2. The second-order valence-corrected chi connectivity index (χ2v) is 2.90. The first-order valence-corrected chi connectivity index (χ1v) is 3.69. The summed E-state index contributed by atoms with van der Waals surface area (Å²) in [5, 5.41) is 3.06. The van der Waals surface area contributed by atoms with Crippen LogP contribution in [0.15, 0.2) is 0 Å². The molecule has 0 spiro atoms. The zero-order valence-electron chi connectivity index (χ0n) is 6.85. The molecule has 1 aliphatic rings. The number of rotatable bonds is 2. The minimum absolute atomic E-state index is 0.336. The summed E-state index contributed by atoms with van der Waals surface area (Å²) >= 11 is 0. The highest BCUT2D eigenvalue weighted by Crippen LogP contribution is 2.19. The smallest absolute Gasteiger partial charge is 0.302 e. The standard InChI is InChI=1S/C7H13NO3/c1-7(4-3-5-8-7)6(9)11-10-2/h8H,3-5H2,1-2H3/t7-/m1/s1. The Labute approximate surface area is 65.8 Å². The van der Waals surface area contributed by atoms with Crippen molar-refractivity contribution in [3.8, 4) is 0 Å². The highest BCUT2D eigenvalue weighted by molar-refractivity contribution is 5.80. The van der Waals surface area contributed by atoms with Crippen LogP contribution in [0.3, 0.4) is 0 Å². The Morgan fingerprint density at radius 1 is 1.64 bits per heavy atom. The maximum absolute atomic E-state index is 11.2. The van der Waals surface area contributed by atoms with Gasteiger partial charge in [-0.3, -0.25) is 4.89 Å². The van der Waals surface area contributed by atoms with E-state index in [1.807, 2.05) is 6.92 Å². The van der Waals surface area contributed by atoms with Crippen molar-refractivity contribution >= 4 is 5.97 Å². The molecule has 11 heavy (non-hydrogen) atoms. The first-order valence-electron chi connectivity index (χ1n) is 3.69. The average Bonchev–Trinajstić information content (AvgIpc) is 2.38. The molecule has 0 aromatic carbocycles. The first-order chi connectivity index (χ1) is 5.19. The molecule has 1 heterocycles. The molecule has 0 aliphatic carbocycles. The van der Waals surface area contributed by atoms with Crippen LogP contribution in [0.2, 0.25) is 0 Å². The van der Waals surface area contributed by atoms with Gasteiger partial charge in [0.05, 0.1) is 7.11 Å². The van der Waals surface area contributed by atoms with Gasteiger partial charge >= 0.3 is 5.97 Å². The third kappa shape index (κ3) is 1.70. The summed E-state index contributed by atoms with van der Waals surface area (Å²) in [6.45, 7) is 2.69. The van der Waals surface area contributed by atoms with Crippen molar-refractivity contribution in [2.45, 2.75) is 25.3 Å². The Kier molecular flexibility index (Phi) is 2.46. The Morgan fingerprint density at radius 3 is 2.82 bits per heavy atom. The van der Waals surface area contributed by atoms with Crippen LogP contribution in [0.1, 0.15) is 19.8 Å². The molecule has 1 saturated heterocycles. The zero-order chi connectivity index (χ0) is 8.32. The number of carbonyl (C=O) groups excluding carboxylic acids is 1. The van der Waals surface area contributed by atoms with Crippen LogP contribution in [-0.2, 0) is 14.6 Å². The minimum atomic E-state index is -0.532. The number of hydrogen-bond donors (Lipinski definition) is 1. The molecule has 0 radical (unpaired) electrons. The Hall–Kier alpha value is -0.610. The van der Waals surface area contributed by atoms with E-state index in [9.17, 15) is 4.79 Å². The van der Waals surface area contributed by atoms with Crippen LogP contribution in [0, 0.1) is 0 Å². The lowest BCUT2D eigenvalue weighted by molar-refractivity contribution is -0.260. The molecular formula is C7H13NO3. The van der Waals surface area contributed by atoms with Gasteiger partial charge in [-0.25, -0.2) is 4.79 Å². The van der Waals surface area contributed by atoms with Crippen LogP contribution < -0.4 is 5.32 Å². The summed E-state index contributed by atoms with van der Waals surface area (Å²) in [7, 11) is 1.33. The molecule has 0 bridgehead atoms. The highest BCUT2D eigenvalue weighted by Gasteiger charge is 2.38. The third-order valence-corrected chi connectivity index (χ3v) is 1.98. The predicted molar refractivity (Wildman–Crippen MR) is 38.7 cm³/mol. The van der Waals surface area contributed by atoms with Gasteiger partial charge in [-0.1, -0.05) is 0 Å². The van der Waals surface area contributed by atoms with E-state index in [4.69, 9.17) is 0 Å². The van der Waals surface area contributed by atoms with E-state index >= 15 is 0 Å². The minimum Gasteiger partial charge on any atom is -0.302 e. The molecule has 4 heteroatoms. The van der Waals surface area contributed by atoms with Crippen LogP contribution in [0.25, 0.3) is 0 Å². The lowest BCUT2D eigenvalue weighted by atomic mass is 10.0. The molecule has 1 aliphatic heterocycles. The van der Waals surface area contributed by atoms with E-state index in [0.29, 0.717) is 0 Å². The normalized spacial score (nSPS) is 30.4. The van der Waals surface area contributed by atoms with E-state index in [1.165, 1.54) is 7.11 Å². The molecule has 0 aromatic heterocycles. The van der Waals surface area contributed by atoms with Gasteiger partial charge in [-0.15, -0.1) is 0 Å². The van der Waals surface area contributed by atoms with Crippen molar-refractivity contribution in [3.05, 3.63) is 0 Å². The molecule has 1 fully saturated rings. The number of carbonyl (C=O) groups is 1. The van der Waals surface area contributed by atoms with E-state index < -0.39 is 5.54 Å². The maximum atomic E-state index is 11.2. The Bertz CT molecular complexity index is 152. The molecule has 1 N–H and O–H groups in total. The van der Waals surface area contributed by atoms with E-state index in [-0.39, 0.29) is 5.97 Å². The van der Waals surface area contributed by atoms with Gasteiger partial charge in [0.1, 0.15) is 5.54 Å². The largest absolute Gasteiger partial charge is 0.361 e. The van der Waals surface area contributed by atoms with Gasteiger partial charge in [-0.2, -0.15) is 4.89 Å². The fourth-order valence-electron chi connectivity index (χ4n) is 1.24. The molecule has 4 nitrogen and oxygen atoms in total. The quantitative estimate of drug-likeness (QED) is 0.463. The van der Waals surface area contributed by atoms with Gasteiger partial charge < -0.3 is 5.32 Å². The molecule has 0 aromatic rings. The Balaban J connectivity index is 2.49. The molecule has 0 unspecified atom stereocenters. The van der Waals surface area contributed by atoms with Crippen LogP contribution >= 0.6 is 0 Å². The molecule has 1 atom stereocenters. The van der Waals surface area contributed by atoms with Crippen molar-refractivity contribution in [1.82, 2.24) is 5.32 Å². The summed E-state index contributed by atoms with van der Waals surface area (Å²) in [4.78, 5) is 19.9. The summed E-state index contributed by atoms with van der Waals surface area (Å²) in [6, 6.07) is 0. The third-order valence-electron chi connectivity index (χ3n) is 1.98. The van der Waals surface area contributed by atoms with E-state index in [0.717, 1.165) is 19.4 Å². The second kappa shape index (κ2) is 3.19. The molecule has 64 valence electrons. The number of hydrogen-bond acceptors (Lipinski definition) is 4. The monoisotopic (exact) mass is 159 g/mol. The van der Waals surface area contributed by atoms with Crippen LogP contribution in [0.5, 0.6) is 0 Å². The zero-order valence-corrected chi connectivity index (χ0v) is 6.85. The lowest BCUT2D eigenvalue weighted by Gasteiger charge is -2.19. The van der Waals surface area contributed by atoms with Crippen molar-refractivity contribution in [2.75, 3.05) is 13.7 Å². The van der Waals surface area contributed by atoms with E-state index in [2.05, 4.69) is 15.1 Å². The molecule has 0 amide bonds. The van der Waals surface area contributed by atoms with Crippen LogP contribution in [0.4, 0.5) is 0 Å². The Morgan fingerprint density at radius 2 is 2.36 bits per heavy atom. The van der Waals surface area contributed by atoms with E-state index in [1.54, 1.807) is 0 Å². The fraction of sp³-hybridized carbons (Fsp3) is 0.857. The van der Waals surface area contributed by atoms with Crippen molar-refractivity contribution < 1.29 is 14.6 Å². The fourth-order valence-corrected chi connectivity index (χ4v) is 1.24. The first kappa shape index (κ1) is 8.49. The van der Waals surface area contributed by atoms with Crippen molar-refractivity contribution in [2.24, 2.45) is 0 Å². The molecular weight excluding hydrogens is 146 g/mol. The van der Waals surface area contributed by atoms with Gasteiger partial charge in [0.25, 0.3) is 0 Å². The van der Waals surface area contributed by atoms with Gasteiger partial charge in [0.2, 0.25) is 0 Å². The predicted octanol–water partition coefficient (Wildman–Crippen LogP) is 0.233. The molecule has 1 rings (SSSR count). The summed E-state index contributed by atoms with van der Waals surface area (Å²) in [6.07, 6.45) is 1.82. The average molecular weight is 159 g/mol. The van der Waals surface area contributed by atoms with Gasteiger partial charge in [0, 0.05) is 0 Å². The summed E-state index contributed by atoms with van der Waals surface area (Å²) in [5.74, 6) is -0.336. The molecule has 0 saturated carbocycles. The van der Waals surface area contributed by atoms with Crippen molar-refractivity contribution in [3.63, 3.8) is 0 Å². The summed E-state index contributed by atoms with van der Waals surface area (Å²) in [5.41, 5.74) is -0.532. The number of nitrogens with one attached hydrogen (secondary N) is 1. The topological polar surface area (TPSA) is 47.6 Å². The van der Waals surface area contributed by atoms with Gasteiger partial charge in [0.15, 0.2) is 0 Å². The summed E-state index contributed by atoms with van der Waals surface area (Å²) < 4.78 is 0. The van der Waals surface area contributed by atoms with Crippen LogP contribution in [-0.4, -0.2) is 25.2 Å². The lowest BCUT2D eigenvalue weighted by Crippen LogP contribution is -2.45. The second-order valence-electron chi connectivity index (χ2n) is 2.90. The SMILES string of the molecule is COOC(=O)[C@@]1(C)CCCN1.